The molecule has 1 aromatic carbocycles. The second-order valence-corrected chi connectivity index (χ2v) is 5.26. The highest BCUT2D eigenvalue weighted by Crippen LogP contribution is 2.32. The Bertz CT molecular complexity index is 909. The molecule has 2 heterocycles. The molecule has 0 atom stereocenters. The number of nitrogens with zero attached hydrogens (tertiary/aromatic N) is 2. The van der Waals surface area contributed by atoms with Crippen LogP contribution in [0, 0.1) is 6.92 Å². The molecule has 0 amide bonds. The first-order valence-electron chi connectivity index (χ1n) is 6.97. The third kappa shape index (κ3) is 3.54. The van der Waals surface area contributed by atoms with Crippen molar-refractivity contribution in [2.45, 2.75) is 19.5 Å². The molecule has 0 aliphatic carbocycles. The number of ether oxygens (including phenoxy) is 1. The topological polar surface area (TPSA) is 26.5 Å². The second kappa shape index (κ2) is 5.68. The van der Waals surface area contributed by atoms with Crippen LogP contribution in [-0.4, -0.2) is 15.7 Å². The first-order chi connectivity index (χ1) is 11.5. The molecule has 0 aliphatic rings. The molecule has 0 N–H and O–H groups in total. The maximum Gasteiger partial charge on any atom is 0.573 e. The van der Waals surface area contributed by atoms with Gasteiger partial charge in [0.05, 0.1) is 11.2 Å². The lowest BCUT2D eigenvalue weighted by atomic mass is 10.1. The van der Waals surface area contributed by atoms with Crippen molar-refractivity contribution in [3.63, 3.8) is 0 Å². The van der Waals surface area contributed by atoms with Gasteiger partial charge in [0.1, 0.15) is 5.75 Å². The zero-order valence-electron chi connectivity index (χ0n) is 12.6. The lowest BCUT2D eigenvalue weighted by Gasteiger charge is -2.10. The second-order valence-electron chi connectivity index (χ2n) is 5.26. The van der Waals surface area contributed by atoms with Gasteiger partial charge in [-0.25, -0.2) is 4.98 Å². The summed E-state index contributed by atoms with van der Waals surface area (Å²) in [6.07, 6.45) is -8.19. The van der Waals surface area contributed by atoms with Crippen molar-refractivity contribution >= 4 is 5.52 Å². The Morgan fingerprint density at radius 3 is 2.04 bits per heavy atom. The molecule has 0 aliphatic heterocycles. The van der Waals surface area contributed by atoms with Crippen molar-refractivity contribution in [2.75, 3.05) is 0 Å². The van der Waals surface area contributed by atoms with E-state index < -0.39 is 24.1 Å². The predicted octanol–water partition coefficient (Wildman–Crippen LogP) is 5.23. The Hall–Kier alpha value is -2.71. The minimum atomic E-state index is -4.81. The zero-order chi connectivity index (χ0) is 18.4. The fourth-order valence-corrected chi connectivity index (χ4v) is 2.46. The molecule has 3 aromatic rings. The minimum absolute atomic E-state index is 0.229. The average molecular weight is 360 g/mol. The summed E-state index contributed by atoms with van der Waals surface area (Å²) in [6.45, 7) is 1.47. The van der Waals surface area contributed by atoms with E-state index >= 15 is 0 Å². The smallest absolute Gasteiger partial charge is 0.406 e. The van der Waals surface area contributed by atoms with Crippen molar-refractivity contribution in [1.82, 2.24) is 9.38 Å². The van der Waals surface area contributed by atoms with Gasteiger partial charge in [0.25, 0.3) is 0 Å². The van der Waals surface area contributed by atoms with Gasteiger partial charge in [-0.05, 0) is 36.2 Å². The summed E-state index contributed by atoms with van der Waals surface area (Å²) >= 11 is 0. The molecule has 132 valence electrons. The van der Waals surface area contributed by atoms with E-state index in [1.54, 1.807) is 6.07 Å². The number of benzene rings is 1. The van der Waals surface area contributed by atoms with Gasteiger partial charge in [0.2, 0.25) is 5.82 Å². The SMILES string of the molecule is Cc1nc(C(F)(F)F)n2cc(-c3ccc(OC(F)(F)F)cc3)ccc12. The maximum absolute atomic E-state index is 13.1. The van der Waals surface area contributed by atoms with Crippen molar-refractivity contribution in [1.29, 1.82) is 0 Å². The monoisotopic (exact) mass is 360 g/mol. The molecular formula is C16H10F6N2O. The van der Waals surface area contributed by atoms with Crippen molar-refractivity contribution in [3.05, 3.63) is 54.1 Å². The summed E-state index contributed by atoms with van der Waals surface area (Å²) in [6, 6.07) is 7.91. The van der Waals surface area contributed by atoms with E-state index in [2.05, 4.69) is 9.72 Å². The third-order valence-corrected chi connectivity index (χ3v) is 3.50. The molecule has 0 radical (unpaired) electrons. The number of rotatable bonds is 2. The Morgan fingerprint density at radius 2 is 1.48 bits per heavy atom. The molecule has 0 unspecified atom stereocenters. The molecule has 25 heavy (non-hydrogen) atoms. The third-order valence-electron chi connectivity index (χ3n) is 3.50. The quantitative estimate of drug-likeness (QED) is 0.585. The largest absolute Gasteiger partial charge is 0.573 e. The summed E-state index contributed by atoms with van der Waals surface area (Å²) in [5.74, 6) is -1.47. The number of aryl methyl sites for hydroxylation is 1. The van der Waals surface area contributed by atoms with Gasteiger partial charge in [-0.3, -0.25) is 4.40 Å². The van der Waals surface area contributed by atoms with Crippen LogP contribution in [0.4, 0.5) is 26.3 Å². The highest BCUT2D eigenvalue weighted by molar-refractivity contribution is 5.67. The van der Waals surface area contributed by atoms with E-state index in [1.165, 1.54) is 31.3 Å². The zero-order valence-corrected chi connectivity index (χ0v) is 12.6. The van der Waals surface area contributed by atoms with Crippen molar-refractivity contribution in [3.8, 4) is 16.9 Å². The summed E-state index contributed by atoms with van der Waals surface area (Å²) in [4.78, 5) is 3.54. The van der Waals surface area contributed by atoms with E-state index in [1.807, 2.05) is 0 Å². The van der Waals surface area contributed by atoms with Crippen LogP contribution in [0.2, 0.25) is 0 Å². The molecule has 9 heteroatoms. The van der Waals surface area contributed by atoms with Gasteiger partial charge in [-0.1, -0.05) is 18.2 Å². The van der Waals surface area contributed by atoms with Gasteiger partial charge in [-0.15, -0.1) is 13.2 Å². The normalized spacial score (nSPS) is 12.6. The fraction of sp³-hybridized carbons (Fsp3) is 0.188. The summed E-state index contributed by atoms with van der Waals surface area (Å²) in [7, 11) is 0. The van der Waals surface area contributed by atoms with E-state index in [4.69, 9.17) is 0 Å². The minimum Gasteiger partial charge on any atom is -0.406 e. The molecule has 3 nitrogen and oxygen atoms in total. The summed E-state index contributed by atoms with van der Waals surface area (Å²) < 4.78 is 80.4. The maximum atomic E-state index is 13.1. The molecule has 0 spiro atoms. The molecule has 0 saturated heterocycles. The van der Waals surface area contributed by atoms with Crippen LogP contribution in [0.5, 0.6) is 5.75 Å². The summed E-state index contributed by atoms with van der Waals surface area (Å²) in [5.41, 5.74) is 1.37. The highest BCUT2D eigenvalue weighted by atomic mass is 19.4. The van der Waals surface area contributed by atoms with Crippen LogP contribution >= 0.6 is 0 Å². The van der Waals surface area contributed by atoms with E-state index in [0.29, 0.717) is 16.6 Å². The Kier molecular flexibility index (Phi) is 3.89. The van der Waals surface area contributed by atoms with Crippen LogP contribution in [0.25, 0.3) is 16.6 Å². The lowest BCUT2D eigenvalue weighted by molar-refractivity contribution is -0.274. The van der Waals surface area contributed by atoms with Crippen LogP contribution in [0.15, 0.2) is 42.6 Å². The number of alkyl halides is 6. The molecule has 3 rings (SSSR count). The molecule has 0 saturated carbocycles. The summed E-state index contributed by atoms with van der Waals surface area (Å²) in [5, 5.41) is 0. The van der Waals surface area contributed by atoms with E-state index in [9.17, 15) is 26.3 Å². The first-order valence-corrected chi connectivity index (χ1v) is 6.97. The molecule has 2 aromatic heterocycles. The van der Waals surface area contributed by atoms with Crippen LogP contribution < -0.4 is 4.74 Å². The number of imidazole rings is 1. The van der Waals surface area contributed by atoms with Gasteiger partial charge >= 0.3 is 12.5 Å². The van der Waals surface area contributed by atoms with E-state index in [0.717, 1.165) is 16.5 Å². The number of fused-ring (bicyclic) bond motifs is 1. The van der Waals surface area contributed by atoms with Gasteiger partial charge in [-0.2, -0.15) is 13.2 Å². The van der Waals surface area contributed by atoms with Crippen LogP contribution in [-0.2, 0) is 6.18 Å². The van der Waals surface area contributed by atoms with Crippen LogP contribution in [0.1, 0.15) is 11.5 Å². The number of pyridine rings is 1. The van der Waals surface area contributed by atoms with Crippen LogP contribution in [0.3, 0.4) is 0 Å². The lowest BCUT2D eigenvalue weighted by Crippen LogP contribution is -2.16. The number of aromatic nitrogens is 2. The number of hydrogen-bond acceptors (Lipinski definition) is 2. The molecule has 0 bridgehead atoms. The predicted molar refractivity (Wildman–Crippen MR) is 77.1 cm³/mol. The highest BCUT2D eigenvalue weighted by Gasteiger charge is 2.36. The Balaban J connectivity index is 2.02. The fourth-order valence-electron chi connectivity index (χ4n) is 2.46. The first kappa shape index (κ1) is 17.1. The Labute approximate surface area is 137 Å². The van der Waals surface area contributed by atoms with Gasteiger partial charge in [0.15, 0.2) is 0 Å². The number of hydrogen-bond donors (Lipinski definition) is 0. The average Bonchev–Trinajstić information content (AvgIpc) is 2.83. The van der Waals surface area contributed by atoms with Gasteiger partial charge in [0, 0.05) is 6.20 Å². The van der Waals surface area contributed by atoms with Gasteiger partial charge < -0.3 is 4.74 Å². The Morgan fingerprint density at radius 1 is 0.880 bits per heavy atom. The molecular weight excluding hydrogens is 350 g/mol. The van der Waals surface area contributed by atoms with E-state index in [-0.39, 0.29) is 5.69 Å². The standard InChI is InChI=1S/C16H10F6N2O/c1-9-13-7-4-11(8-24(13)14(23-9)15(17,18)19)10-2-5-12(6-3-10)25-16(20,21)22/h2-8H,1H3. The van der Waals surface area contributed by atoms with Crippen molar-refractivity contribution < 1.29 is 31.1 Å². The van der Waals surface area contributed by atoms with Crippen molar-refractivity contribution in [2.24, 2.45) is 0 Å². The molecule has 0 fully saturated rings. The number of halogens is 6.